The second kappa shape index (κ2) is 6.14. The Morgan fingerprint density at radius 2 is 2.04 bits per heavy atom. The first kappa shape index (κ1) is 15.5. The van der Waals surface area contributed by atoms with Crippen molar-refractivity contribution < 1.29 is 14.3 Å². The van der Waals surface area contributed by atoms with E-state index in [-0.39, 0.29) is 11.3 Å². The topological polar surface area (TPSA) is 69.5 Å². The quantitative estimate of drug-likeness (QED) is 0.787. The van der Waals surface area contributed by atoms with Crippen molar-refractivity contribution in [1.29, 1.82) is 0 Å². The SMILES string of the molecule is Cn1cnc2c(C(=O)N3CCOCC4(CCOCC4)C3)ccnc21. The first-order chi connectivity index (χ1) is 11.7. The molecule has 2 saturated heterocycles. The fraction of sp³-hybridized carbons (Fsp3) is 0.588. The lowest BCUT2D eigenvalue weighted by Crippen LogP contribution is -2.44. The molecule has 7 nitrogen and oxygen atoms in total. The zero-order chi connectivity index (χ0) is 16.6. The van der Waals surface area contributed by atoms with Gasteiger partial charge in [0, 0.05) is 45.0 Å². The van der Waals surface area contributed by atoms with Gasteiger partial charge in [-0.25, -0.2) is 9.97 Å². The Balaban J connectivity index is 1.64. The maximum absolute atomic E-state index is 13.2. The fourth-order valence-electron chi connectivity index (χ4n) is 3.64. The van der Waals surface area contributed by atoms with Gasteiger partial charge in [0.25, 0.3) is 5.91 Å². The average molecular weight is 330 g/mol. The number of ether oxygens (including phenoxy) is 2. The van der Waals surface area contributed by atoms with Gasteiger partial charge >= 0.3 is 0 Å². The van der Waals surface area contributed by atoms with Crippen LogP contribution in [0.5, 0.6) is 0 Å². The number of nitrogens with zero attached hydrogens (tertiary/aromatic N) is 4. The third kappa shape index (κ3) is 2.67. The van der Waals surface area contributed by atoms with E-state index in [0.717, 1.165) is 31.7 Å². The molecule has 1 spiro atoms. The van der Waals surface area contributed by atoms with Crippen molar-refractivity contribution in [3.05, 3.63) is 24.2 Å². The summed E-state index contributed by atoms with van der Waals surface area (Å²) in [5.74, 6) is 0.0115. The summed E-state index contributed by atoms with van der Waals surface area (Å²) in [6.45, 7) is 4.08. The number of hydrogen-bond acceptors (Lipinski definition) is 5. The molecule has 0 aromatic carbocycles. The number of aryl methyl sites for hydroxylation is 1. The minimum atomic E-state index is 0.0115. The van der Waals surface area contributed by atoms with E-state index < -0.39 is 0 Å². The Kier molecular flexibility index (Phi) is 3.97. The third-order valence-electron chi connectivity index (χ3n) is 5.11. The number of amides is 1. The zero-order valence-corrected chi connectivity index (χ0v) is 13.9. The maximum atomic E-state index is 13.2. The molecule has 4 heterocycles. The van der Waals surface area contributed by atoms with Crippen molar-refractivity contribution in [3.8, 4) is 0 Å². The first-order valence-electron chi connectivity index (χ1n) is 8.39. The highest BCUT2D eigenvalue weighted by atomic mass is 16.5. The summed E-state index contributed by atoms with van der Waals surface area (Å²) in [6.07, 6.45) is 5.24. The summed E-state index contributed by atoms with van der Waals surface area (Å²) >= 11 is 0. The Morgan fingerprint density at radius 1 is 1.21 bits per heavy atom. The number of fused-ring (bicyclic) bond motifs is 1. The molecule has 4 rings (SSSR count). The van der Waals surface area contributed by atoms with Crippen LogP contribution in [0.3, 0.4) is 0 Å². The Labute approximate surface area is 140 Å². The standard InChI is InChI=1S/C17H22N4O3/c1-20-12-19-14-13(2-5-18-15(14)20)16(22)21-6-9-24-11-17(10-21)3-7-23-8-4-17/h2,5,12H,3-4,6-11H2,1H3. The summed E-state index contributed by atoms with van der Waals surface area (Å²) in [5, 5.41) is 0. The number of aromatic nitrogens is 3. The molecular weight excluding hydrogens is 308 g/mol. The van der Waals surface area contributed by atoms with Crippen molar-refractivity contribution in [2.45, 2.75) is 12.8 Å². The van der Waals surface area contributed by atoms with Crippen LogP contribution in [0.4, 0.5) is 0 Å². The summed E-state index contributed by atoms with van der Waals surface area (Å²) in [4.78, 5) is 23.8. The van der Waals surface area contributed by atoms with Crippen LogP contribution in [0.2, 0.25) is 0 Å². The van der Waals surface area contributed by atoms with Gasteiger partial charge in [-0.1, -0.05) is 0 Å². The number of rotatable bonds is 1. The van der Waals surface area contributed by atoms with Gasteiger partial charge in [0.15, 0.2) is 5.65 Å². The van der Waals surface area contributed by atoms with Gasteiger partial charge < -0.3 is 18.9 Å². The van der Waals surface area contributed by atoms with Crippen molar-refractivity contribution >= 4 is 17.1 Å². The second-order valence-electron chi connectivity index (χ2n) is 6.78. The lowest BCUT2D eigenvalue weighted by atomic mass is 9.80. The fourth-order valence-corrected chi connectivity index (χ4v) is 3.64. The highest BCUT2D eigenvalue weighted by molar-refractivity contribution is 6.04. The number of hydrogen-bond donors (Lipinski definition) is 0. The van der Waals surface area contributed by atoms with Crippen LogP contribution in [0, 0.1) is 5.41 Å². The highest BCUT2D eigenvalue weighted by Gasteiger charge is 2.38. The Hall–Kier alpha value is -1.99. The third-order valence-corrected chi connectivity index (χ3v) is 5.11. The first-order valence-corrected chi connectivity index (χ1v) is 8.39. The number of carbonyl (C=O) groups is 1. The molecule has 0 bridgehead atoms. The molecule has 0 radical (unpaired) electrons. The molecule has 0 atom stereocenters. The molecule has 2 fully saturated rings. The maximum Gasteiger partial charge on any atom is 0.256 e. The van der Waals surface area contributed by atoms with Gasteiger partial charge in [0.1, 0.15) is 5.52 Å². The van der Waals surface area contributed by atoms with E-state index in [9.17, 15) is 4.79 Å². The van der Waals surface area contributed by atoms with E-state index in [1.54, 1.807) is 18.6 Å². The summed E-state index contributed by atoms with van der Waals surface area (Å²) in [6, 6.07) is 1.76. The Morgan fingerprint density at radius 3 is 2.88 bits per heavy atom. The molecule has 2 aliphatic rings. The molecule has 7 heteroatoms. The van der Waals surface area contributed by atoms with E-state index in [1.165, 1.54) is 0 Å². The zero-order valence-electron chi connectivity index (χ0n) is 13.9. The molecule has 0 aliphatic carbocycles. The van der Waals surface area contributed by atoms with Crippen LogP contribution in [0.1, 0.15) is 23.2 Å². The molecule has 2 aromatic rings. The monoisotopic (exact) mass is 330 g/mol. The van der Waals surface area contributed by atoms with E-state index in [4.69, 9.17) is 9.47 Å². The second-order valence-corrected chi connectivity index (χ2v) is 6.78. The van der Waals surface area contributed by atoms with Crippen LogP contribution >= 0.6 is 0 Å². The van der Waals surface area contributed by atoms with Gasteiger partial charge in [-0.2, -0.15) is 0 Å². The van der Waals surface area contributed by atoms with Gasteiger partial charge in [0.05, 0.1) is 25.1 Å². The minimum absolute atomic E-state index is 0.0115. The van der Waals surface area contributed by atoms with E-state index in [1.807, 2.05) is 16.5 Å². The lowest BCUT2D eigenvalue weighted by molar-refractivity contribution is -0.0304. The summed E-state index contributed by atoms with van der Waals surface area (Å²) in [7, 11) is 1.88. The molecular formula is C17H22N4O3. The van der Waals surface area contributed by atoms with Gasteiger partial charge in [-0.15, -0.1) is 0 Å². The molecule has 128 valence electrons. The average Bonchev–Trinajstić information content (AvgIpc) is 2.87. The predicted octanol–water partition coefficient (Wildman–Crippen LogP) is 1.24. The number of imidazole rings is 1. The van der Waals surface area contributed by atoms with Gasteiger partial charge in [0.2, 0.25) is 0 Å². The minimum Gasteiger partial charge on any atom is -0.381 e. The van der Waals surface area contributed by atoms with Crippen LogP contribution in [0.15, 0.2) is 18.6 Å². The van der Waals surface area contributed by atoms with Crippen LogP contribution in [-0.4, -0.2) is 64.9 Å². The number of pyridine rings is 1. The van der Waals surface area contributed by atoms with Gasteiger partial charge in [-0.05, 0) is 18.9 Å². The van der Waals surface area contributed by atoms with Crippen molar-refractivity contribution in [1.82, 2.24) is 19.4 Å². The summed E-state index contributed by atoms with van der Waals surface area (Å²) < 4.78 is 13.1. The smallest absolute Gasteiger partial charge is 0.256 e. The summed E-state index contributed by atoms with van der Waals surface area (Å²) in [5.41, 5.74) is 2.02. The molecule has 2 aromatic heterocycles. The molecule has 0 N–H and O–H groups in total. The van der Waals surface area contributed by atoms with Crippen molar-refractivity contribution in [3.63, 3.8) is 0 Å². The number of carbonyl (C=O) groups excluding carboxylic acids is 1. The van der Waals surface area contributed by atoms with Gasteiger partial charge in [-0.3, -0.25) is 4.79 Å². The van der Waals surface area contributed by atoms with E-state index in [2.05, 4.69) is 9.97 Å². The highest BCUT2D eigenvalue weighted by Crippen LogP contribution is 2.34. The molecule has 0 saturated carbocycles. The molecule has 1 amide bonds. The van der Waals surface area contributed by atoms with E-state index >= 15 is 0 Å². The Bertz CT molecular complexity index is 751. The lowest BCUT2D eigenvalue weighted by Gasteiger charge is -2.38. The van der Waals surface area contributed by atoms with Crippen molar-refractivity contribution in [2.24, 2.45) is 12.5 Å². The predicted molar refractivity (Wildman–Crippen MR) is 87.7 cm³/mol. The van der Waals surface area contributed by atoms with Crippen LogP contribution in [-0.2, 0) is 16.5 Å². The molecule has 2 aliphatic heterocycles. The van der Waals surface area contributed by atoms with E-state index in [0.29, 0.717) is 37.4 Å². The van der Waals surface area contributed by atoms with Crippen LogP contribution in [0.25, 0.3) is 11.2 Å². The molecule has 0 unspecified atom stereocenters. The van der Waals surface area contributed by atoms with Crippen LogP contribution < -0.4 is 0 Å². The van der Waals surface area contributed by atoms with Crippen molar-refractivity contribution in [2.75, 3.05) is 39.5 Å². The largest absolute Gasteiger partial charge is 0.381 e. The molecule has 24 heavy (non-hydrogen) atoms. The normalized spacial score (nSPS) is 21.1.